The van der Waals surface area contributed by atoms with Gasteiger partial charge in [-0.1, -0.05) is 13.0 Å². The molecule has 1 fully saturated rings. The molecule has 0 N–H and O–H groups in total. The number of aromatic nitrogens is 3. The van der Waals surface area contributed by atoms with Crippen molar-refractivity contribution in [3.05, 3.63) is 62.4 Å². The summed E-state index contributed by atoms with van der Waals surface area (Å²) < 4.78 is 12.3. The summed E-state index contributed by atoms with van der Waals surface area (Å²) in [7, 11) is 2.71. The minimum Gasteiger partial charge on any atom is -0.497 e. The highest BCUT2D eigenvalue weighted by atomic mass is 16.5. The molecule has 3 heterocycles. The van der Waals surface area contributed by atoms with Gasteiger partial charge >= 0.3 is 11.7 Å². The average Bonchev–Trinajstić information content (AvgIpc) is 2.90. The highest BCUT2D eigenvalue weighted by Gasteiger charge is 2.28. The monoisotopic (exact) mass is 494 g/mol. The molecule has 1 saturated heterocycles. The molecular weight excluding hydrogens is 464 g/mol. The molecule has 0 saturated carbocycles. The van der Waals surface area contributed by atoms with Gasteiger partial charge in [0.05, 0.1) is 30.9 Å². The minimum atomic E-state index is -0.763. The van der Waals surface area contributed by atoms with Crippen LogP contribution in [0.15, 0.2) is 39.9 Å². The lowest BCUT2D eigenvalue weighted by molar-refractivity contribution is -0.135. The van der Waals surface area contributed by atoms with E-state index in [0.29, 0.717) is 23.7 Å². The molecular formula is C26H30N4O6. The van der Waals surface area contributed by atoms with Gasteiger partial charge in [0.15, 0.2) is 5.65 Å². The number of methoxy groups -OCH3 is 2. The summed E-state index contributed by atoms with van der Waals surface area (Å²) in [6.45, 7) is 3.81. The second kappa shape index (κ2) is 10.3. The van der Waals surface area contributed by atoms with Crippen LogP contribution >= 0.6 is 0 Å². The zero-order valence-corrected chi connectivity index (χ0v) is 20.9. The summed E-state index contributed by atoms with van der Waals surface area (Å²) in [5, 5.41) is -0.0895. The van der Waals surface area contributed by atoms with Crippen molar-refractivity contribution >= 4 is 22.9 Å². The summed E-state index contributed by atoms with van der Waals surface area (Å²) in [5.41, 5.74) is -0.706. The van der Waals surface area contributed by atoms with Gasteiger partial charge in [-0.05, 0) is 50.8 Å². The average molecular weight is 495 g/mol. The fraction of sp³-hybridized carbons (Fsp3) is 0.423. The largest absolute Gasteiger partial charge is 0.497 e. The van der Waals surface area contributed by atoms with Gasteiger partial charge in [0, 0.05) is 24.3 Å². The van der Waals surface area contributed by atoms with E-state index in [2.05, 4.69) is 4.98 Å². The highest BCUT2D eigenvalue weighted by Crippen LogP contribution is 2.22. The smallest absolute Gasteiger partial charge is 0.338 e. The Bertz CT molecular complexity index is 1440. The first-order valence-corrected chi connectivity index (χ1v) is 12.0. The quantitative estimate of drug-likeness (QED) is 0.484. The number of amides is 1. The van der Waals surface area contributed by atoms with Crippen LogP contribution in [0, 0.1) is 6.92 Å². The normalized spacial score (nSPS) is 15.7. The summed E-state index contributed by atoms with van der Waals surface area (Å²) in [6, 6.07) is 8.22. The highest BCUT2D eigenvalue weighted by molar-refractivity contribution is 6.02. The van der Waals surface area contributed by atoms with Crippen LogP contribution in [0.4, 0.5) is 0 Å². The van der Waals surface area contributed by atoms with E-state index in [1.807, 2.05) is 6.92 Å². The second-order valence-corrected chi connectivity index (χ2v) is 8.86. The molecule has 2 aromatic heterocycles. The molecule has 0 bridgehead atoms. The van der Waals surface area contributed by atoms with Crippen LogP contribution in [-0.4, -0.2) is 57.7 Å². The number of likely N-dealkylation sites (tertiary alicyclic amines) is 1. The number of rotatable bonds is 6. The summed E-state index contributed by atoms with van der Waals surface area (Å²) in [6.07, 6.45) is 3.59. The van der Waals surface area contributed by atoms with Gasteiger partial charge in [-0.15, -0.1) is 0 Å². The van der Waals surface area contributed by atoms with Crippen molar-refractivity contribution in [2.24, 2.45) is 0 Å². The number of hydrogen-bond donors (Lipinski definition) is 0. The minimum absolute atomic E-state index is 0.00626. The molecule has 0 spiro atoms. The number of aryl methyl sites for hydroxylation is 1. The van der Waals surface area contributed by atoms with Crippen molar-refractivity contribution in [1.82, 2.24) is 19.0 Å². The van der Waals surface area contributed by atoms with Crippen molar-refractivity contribution in [2.45, 2.75) is 52.1 Å². The third-order valence-electron chi connectivity index (χ3n) is 6.65. The Morgan fingerprint density at radius 1 is 1.14 bits per heavy atom. The summed E-state index contributed by atoms with van der Waals surface area (Å²) >= 11 is 0. The van der Waals surface area contributed by atoms with Crippen LogP contribution in [0.5, 0.6) is 5.75 Å². The van der Waals surface area contributed by atoms with Gasteiger partial charge in [0.1, 0.15) is 12.3 Å². The Morgan fingerprint density at radius 3 is 2.61 bits per heavy atom. The lowest BCUT2D eigenvalue weighted by Crippen LogP contribution is -2.49. The zero-order valence-electron chi connectivity index (χ0n) is 20.9. The van der Waals surface area contributed by atoms with Crippen LogP contribution < -0.4 is 16.0 Å². The predicted octanol–water partition coefficient (Wildman–Crippen LogP) is 2.44. The SMILES string of the molecule is CCC1CCCCN1C(=O)Cn1c(=O)c2c(C(=O)OC)cc(C)nc2n(-c2cccc(OC)c2)c1=O. The number of carbonyl (C=O) groups is 2. The molecule has 1 aromatic carbocycles. The Balaban J connectivity index is 2.00. The number of fused-ring (bicyclic) bond motifs is 1. The van der Waals surface area contributed by atoms with Crippen molar-refractivity contribution in [1.29, 1.82) is 0 Å². The maximum atomic E-state index is 13.8. The van der Waals surface area contributed by atoms with Gasteiger partial charge in [-0.3, -0.25) is 9.59 Å². The third kappa shape index (κ3) is 4.50. The molecule has 0 aliphatic carbocycles. The molecule has 1 aliphatic heterocycles. The van der Waals surface area contributed by atoms with Crippen LogP contribution in [0.2, 0.25) is 0 Å². The molecule has 190 valence electrons. The van der Waals surface area contributed by atoms with E-state index in [-0.39, 0.29) is 28.5 Å². The molecule has 36 heavy (non-hydrogen) atoms. The van der Waals surface area contributed by atoms with Gasteiger partial charge in [-0.2, -0.15) is 0 Å². The van der Waals surface area contributed by atoms with E-state index in [0.717, 1.165) is 30.3 Å². The Hall–Kier alpha value is -3.95. The van der Waals surface area contributed by atoms with E-state index < -0.39 is 23.8 Å². The Labute approximate surface area is 208 Å². The number of ether oxygens (including phenoxy) is 2. The first kappa shape index (κ1) is 25.2. The standard InChI is InChI=1S/C26H30N4O6/c1-5-17-9-6-7-12-28(17)21(31)15-29-24(32)22-20(25(33)36-4)13-16(2)27-23(22)30(26(29)34)18-10-8-11-19(14-18)35-3/h8,10-11,13-14,17H,5-7,9,12,15H2,1-4H3. The van der Waals surface area contributed by atoms with Crippen LogP contribution in [0.3, 0.4) is 0 Å². The maximum absolute atomic E-state index is 13.8. The molecule has 0 radical (unpaired) electrons. The molecule has 10 nitrogen and oxygen atoms in total. The molecule has 1 amide bonds. The number of carbonyl (C=O) groups excluding carboxylic acids is 2. The van der Waals surface area contributed by atoms with E-state index in [1.54, 1.807) is 36.1 Å². The number of esters is 1. The Kier molecular flexibility index (Phi) is 7.23. The fourth-order valence-corrected chi connectivity index (χ4v) is 4.83. The van der Waals surface area contributed by atoms with Crippen LogP contribution in [-0.2, 0) is 16.1 Å². The first-order valence-electron chi connectivity index (χ1n) is 12.0. The van der Waals surface area contributed by atoms with E-state index >= 15 is 0 Å². The molecule has 1 aliphatic rings. The second-order valence-electron chi connectivity index (χ2n) is 8.86. The number of piperidine rings is 1. The molecule has 1 atom stereocenters. The maximum Gasteiger partial charge on any atom is 0.338 e. The molecule has 10 heteroatoms. The van der Waals surface area contributed by atoms with Gasteiger partial charge < -0.3 is 14.4 Å². The van der Waals surface area contributed by atoms with Crippen molar-refractivity contribution in [3.63, 3.8) is 0 Å². The number of hydrogen-bond acceptors (Lipinski definition) is 7. The third-order valence-corrected chi connectivity index (χ3v) is 6.65. The van der Waals surface area contributed by atoms with Crippen molar-refractivity contribution < 1.29 is 19.1 Å². The predicted molar refractivity (Wildman–Crippen MR) is 134 cm³/mol. The number of benzene rings is 1. The van der Waals surface area contributed by atoms with Crippen molar-refractivity contribution in [2.75, 3.05) is 20.8 Å². The molecule has 4 rings (SSSR count). The van der Waals surface area contributed by atoms with E-state index in [1.165, 1.54) is 24.9 Å². The van der Waals surface area contributed by atoms with E-state index in [9.17, 15) is 19.2 Å². The number of nitrogens with zero attached hydrogens (tertiary/aromatic N) is 4. The van der Waals surface area contributed by atoms with E-state index in [4.69, 9.17) is 9.47 Å². The Morgan fingerprint density at radius 2 is 1.92 bits per heavy atom. The van der Waals surface area contributed by atoms with Crippen LogP contribution in [0.25, 0.3) is 16.7 Å². The number of pyridine rings is 1. The summed E-state index contributed by atoms with van der Waals surface area (Å²) in [4.78, 5) is 59.7. The topological polar surface area (TPSA) is 113 Å². The fourth-order valence-electron chi connectivity index (χ4n) is 4.83. The zero-order chi connectivity index (χ0) is 26.0. The van der Waals surface area contributed by atoms with Crippen molar-refractivity contribution in [3.8, 4) is 11.4 Å². The van der Waals surface area contributed by atoms with Gasteiger partial charge in [-0.25, -0.2) is 23.7 Å². The molecule has 1 unspecified atom stereocenters. The molecule has 3 aromatic rings. The lowest BCUT2D eigenvalue weighted by Gasteiger charge is -2.35. The van der Waals surface area contributed by atoms with Gasteiger partial charge in [0.25, 0.3) is 5.56 Å². The van der Waals surface area contributed by atoms with Crippen LogP contribution in [0.1, 0.15) is 48.7 Å². The first-order chi connectivity index (χ1) is 17.3. The lowest BCUT2D eigenvalue weighted by atomic mass is 10.00. The summed E-state index contributed by atoms with van der Waals surface area (Å²) in [5.74, 6) is -0.559. The van der Waals surface area contributed by atoms with Gasteiger partial charge in [0.2, 0.25) is 5.91 Å².